The van der Waals surface area contributed by atoms with Crippen LogP contribution >= 0.6 is 0 Å². The Morgan fingerprint density at radius 1 is 1.08 bits per heavy atom. The maximum absolute atomic E-state index is 12.1. The van der Waals surface area contributed by atoms with Crippen LogP contribution in [0.3, 0.4) is 0 Å². The summed E-state index contributed by atoms with van der Waals surface area (Å²) in [6.45, 7) is 2.04. The molecule has 1 aliphatic heterocycles. The fourth-order valence-corrected chi connectivity index (χ4v) is 2.37. The Kier molecular flexibility index (Phi) is 3.65. The second-order valence-corrected chi connectivity index (χ2v) is 5.26. The standard InChI is InChI=1S/C16H14N6O3/c1-10-17-4-5-22(10)15-18-7-12(8-19-15)21-16(23)20-11-2-3-13-14(6-11)25-9-24-13/h2-8H,9H2,1H3,(H2,20,21,23). The minimum atomic E-state index is -0.408. The van der Waals surface area contributed by atoms with Crippen molar-refractivity contribution >= 4 is 17.4 Å². The molecule has 2 aromatic heterocycles. The number of aromatic nitrogens is 4. The van der Waals surface area contributed by atoms with Crippen LogP contribution in [0.15, 0.2) is 43.0 Å². The molecule has 9 heteroatoms. The third kappa shape index (κ3) is 3.07. The van der Waals surface area contributed by atoms with Gasteiger partial charge in [-0.1, -0.05) is 0 Å². The Balaban J connectivity index is 1.42. The minimum absolute atomic E-state index is 0.186. The Morgan fingerprint density at radius 3 is 2.60 bits per heavy atom. The lowest BCUT2D eigenvalue weighted by atomic mass is 10.3. The van der Waals surface area contributed by atoms with Crippen molar-refractivity contribution in [2.45, 2.75) is 6.92 Å². The van der Waals surface area contributed by atoms with E-state index in [1.165, 1.54) is 12.4 Å². The first-order valence-corrected chi connectivity index (χ1v) is 7.49. The molecule has 0 saturated carbocycles. The highest BCUT2D eigenvalue weighted by molar-refractivity contribution is 5.99. The predicted octanol–water partition coefficient (Wildman–Crippen LogP) is 2.34. The molecule has 2 amide bonds. The second-order valence-electron chi connectivity index (χ2n) is 5.26. The molecule has 1 aliphatic rings. The number of hydrogen-bond donors (Lipinski definition) is 2. The molecule has 0 fully saturated rings. The molecular formula is C16H14N6O3. The third-order valence-corrected chi connectivity index (χ3v) is 3.57. The molecule has 25 heavy (non-hydrogen) atoms. The van der Waals surface area contributed by atoms with Gasteiger partial charge in [-0.15, -0.1) is 0 Å². The van der Waals surface area contributed by atoms with Crippen molar-refractivity contribution in [3.8, 4) is 17.4 Å². The normalized spacial score (nSPS) is 12.0. The molecule has 3 heterocycles. The summed E-state index contributed by atoms with van der Waals surface area (Å²) in [5.74, 6) is 2.52. The predicted molar refractivity (Wildman–Crippen MR) is 89.1 cm³/mol. The zero-order valence-electron chi connectivity index (χ0n) is 13.3. The average molecular weight is 338 g/mol. The number of urea groups is 1. The topological polar surface area (TPSA) is 103 Å². The average Bonchev–Trinajstić information content (AvgIpc) is 3.24. The van der Waals surface area contributed by atoms with Crippen LogP contribution in [0.1, 0.15) is 5.82 Å². The largest absolute Gasteiger partial charge is 0.454 e. The van der Waals surface area contributed by atoms with Crippen LogP contribution in [0.5, 0.6) is 11.5 Å². The van der Waals surface area contributed by atoms with Crippen LogP contribution in [-0.2, 0) is 0 Å². The summed E-state index contributed by atoms with van der Waals surface area (Å²) in [4.78, 5) is 24.6. The van der Waals surface area contributed by atoms with Crippen LogP contribution in [0, 0.1) is 6.92 Å². The number of fused-ring (bicyclic) bond motifs is 1. The van der Waals surface area contributed by atoms with Gasteiger partial charge < -0.3 is 20.1 Å². The smallest absolute Gasteiger partial charge is 0.323 e. The number of benzene rings is 1. The van der Waals surface area contributed by atoms with E-state index in [9.17, 15) is 4.79 Å². The molecule has 0 bridgehead atoms. The Bertz CT molecular complexity index is 922. The number of imidazole rings is 1. The van der Waals surface area contributed by atoms with Crippen LogP contribution in [0.2, 0.25) is 0 Å². The number of nitrogens with one attached hydrogen (secondary N) is 2. The fraction of sp³-hybridized carbons (Fsp3) is 0.125. The van der Waals surface area contributed by atoms with Gasteiger partial charge in [-0.25, -0.2) is 19.7 Å². The van der Waals surface area contributed by atoms with Crippen molar-refractivity contribution in [2.24, 2.45) is 0 Å². The van der Waals surface area contributed by atoms with Gasteiger partial charge in [0.05, 0.1) is 18.1 Å². The molecule has 9 nitrogen and oxygen atoms in total. The number of nitrogens with zero attached hydrogens (tertiary/aromatic N) is 4. The number of anilines is 2. The summed E-state index contributed by atoms with van der Waals surface area (Å²) in [7, 11) is 0. The SMILES string of the molecule is Cc1nccn1-c1ncc(NC(=O)Nc2ccc3c(c2)OCO3)cn1. The molecule has 0 aliphatic carbocycles. The van der Waals surface area contributed by atoms with Gasteiger partial charge in [0.25, 0.3) is 0 Å². The van der Waals surface area contributed by atoms with E-state index in [1.807, 2.05) is 6.92 Å². The van der Waals surface area contributed by atoms with Gasteiger partial charge in [-0.3, -0.25) is 4.57 Å². The second kappa shape index (κ2) is 6.11. The number of carbonyl (C=O) groups excluding carboxylic acids is 1. The summed E-state index contributed by atoms with van der Waals surface area (Å²) in [6, 6.07) is 4.76. The van der Waals surface area contributed by atoms with Crippen molar-refractivity contribution in [3.63, 3.8) is 0 Å². The van der Waals surface area contributed by atoms with Crippen LogP contribution in [-0.4, -0.2) is 32.3 Å². The van der Waals surface area contributed by atoms with Gasteiger partial charge in [0.1, 0.15) is 5.82 Å². The maximum Gasteiger partial charge on any atom is 0.323 e. The summed E-state index contributed by atoms with van der Waals surface area (Å²) in [5, 5.41) is 5.39. The molecule has 4 rings (SSSR count). The number of aryl methyl sites for hydroxylation is 1. The van der Waals surface area contributed by atoms with E-state index in [0.29, 0.717) is 28.8 Å². The van der Waals surface area contributed by atoms with E-state index >= 15 is 0 Å². The first-order chi connectivity index (χ1) is 12.2. The molecule has 2 N–H and O–H groups in total. The monoisotopic (exact) mass is 338 g/mol. The van der Waals surface area contributed by atoms with Crippen LogP contribution in [0.25, 0.3) is 5.95 Å². The summed E-state index contributed by atoms with van der Waals surface area (Å²) in [5.41, 5.74) is 1.06. The first kappa shape index (κ1) is 14.9. The van der Waals surface area contributed by atoms with Gasteiger partial charge in [0, 0.05) is 24.1 Å². The van der Waals surface area contributed by atoms with Crippen molar-refractivity contribution in [1.82, 2.24) is 19.5 Å². The van der Waals surface area contributed by atoms with Crippen molar-refractivity contribution in [2.75, 3.05) is 17.4 Å². The highest BCUT2D eigenvalue weighted by atomic mass is 16.7. The minimum Gasteiger partial charge on any atom is -0.454 e. The van der Waals surface area contributed by atoms with E-state index in [-0.39, 0.29) is 6.79 Å². The zero-order valence-corrected chi connectivity index (χ0v) is 13.3. The Morgan fingerprint density at radius 2 is 1.84 bits per heavy atom. The van der Waals surface area contributed by atoms with E-state index in [2.05, 4.69) is 25.6 Å². The van der Waals surface area contributed by atoms with Gasteiger partial charge in [0.2, 0.25) is 12.7 Å². The van der Waals surface area contributed by atoms with Gasteiger partial charge >= 0.3 is 6.03 Å². The summed E-state index contributed by atoms with van der Waals surface area (Å²) >= 11 is 0. The van der Waals surface area contributed by atoms with Gasteiger partial charge in [-0.2, -0.15) is 0 Å². The van der Waals surface area contributed by atoms with Crippen molar-refractivity contribution in [1.29, 1.82) is 0 Å². The van der Waals surface area contributed by atoms with Gasteiger partial charge in [0.15, 0.2) is 11.5 Å². The molecule has 0 radical (unpaired) electrons. The Hall–Kier alpha value is -3.62. The van der Waals surface area contributed by atoms with E-state index in [4.69, 9.17) is 9.47 Å². The molecule has 0 saturated heterocycles. The molecular weight excluding hydrogens is 324 g/mol. The lowest BCUT2D eigenvalue weighted by Crippen LogP contribution is -2.19. The van der Waals surface area contributed by atoms with Crippen LogP contribution in [0.4, 0.5) is 16.2 Å². The van der Waals surface area contributed by atoms with E-state index in [1.54, 1.807) is 35.2 Å². The molecule has 0 atom stereocenters. The van der Waals surface area contributed by atoms with Gasteiger partial charge in [-0.05, 0) is 19.1 Å². The zero-order chi connectivity index (χ0) is 17.2. The molecule has 3 aromatic rings. The highest BCUT2D eigenvalue weighted by Gasteiger charge is 2.14. The number of ether oxygens (including phenoxy) is 2. The Labute approximate surface area is 142 Å². The lowest BCUT2D eigenvalue weighted by Gasteiger charge is -2.08. The molecule has 1 aromatic carbocycles. The molecule has 0 spiro atoms. The lowest BCUT2D eigenvalue weighted by molar-refractivity contribution is 0.174. The number of carbonyl (C=O) groups is 1. The number of rotatable bonds is 3. The molecule has 126 valence electrons. The van der Waals surface area contributed by atoms with Crippen molar-refractivity contribution in [3.05, 3.63) is 48.8 Å². The first-order valence-electron chi connectivity index (χ1n) is 7.49. The summed E-state index contributed by atoms with van der Waals surface area (Å²) in [6.07, 6.45) is 6.50. The quantitative estimate of drug-likeness (QED) is 0.760. The van der Waals surface area contributed by atoms with E-state index in [0.717, 1.165) is 5.82 Å². The maximum atomic E-state index is 12.1. The van der Waals surface area contributed by atoms with Crippen LogP contribution < -0.4 is 20.1 Å². The van der Waals surface area contributed by atoms with Crippen molar-refractivity contribution < 1.29 is 14.3 Å². The fourth-order valence-electron chi connectivity index (χ4n) is 2.37. The number of amides is 2. The summed E-state index contributed by atoms with van der Waals surface area (Å²) < 4.78 is 12.3. The van der Waals surface area contributed by atoms with E-state index < -0.39 is 6.03 Å². The third-order valence-electron chi connectivity index (χ3n) is 3.57. The highest BCUT2D eigenvalue weighted by Crippen LogP contribution is 2.34. The molecule has 0 unspecified atom stereocenters. The number of hydrogen-bond acceptors (Lipinski definition) is 6.